The number of aromatic amines is 1. The lowest BCUT2D eigenvalue weighted by Crippen LogP contribution is -2.28. The van der Waals surface area contributed by atoms with Gasteiger partial charge in [-0.25, -0.2) is 4.98 Å². The van der Waals surface area contributed by atoms with Crippen LogP contribution < -0.4 is 0 Å². The molecule has 23 heavy (non-hydrogen) atoms. The third kappa shape index (κ3) is 2.78. The minimum atomic E-state index is 0.171. The zero-order valence-corrected chi connectivity index (χ0v) is 13.6. The zero-order chi connectivity index (χ0) is 15.8. The van der Waals surface area contributed by atoms with E-state index in [1.807, 2.05) is 24.1 Å². The molecular weight excluding hydrogens is 286 g/mol. The number of nitrogens with one attached hydrogen (secondary N) is 1. The van der Waals surface area contributed by atoms with Crippen LogP contribution in [0.25, 0.3) is 0 Å². The molecule has 4 rings (SSSR count). The first-order chi connectivity index (χ1) is 11.2. The average molecular weight is 309 g/mol. The van der Waals surface area contributed by atoms with E-state index in [0.717, 1.165) is 49.4 Å². The van der Waals surface area contributed by atoms with E-state index < -0.39 is 0 Å². The Labute approximate surface area is 136 Å². The lowest BCUT2D eigenvalue weighted by atomic mass is 9.90. The van der Waals surface area contributed by atoms with Crippen LogP contribution in [0, 0.1) is 6.92 Å². The van der Waals surface area contributed by atoms with Gasteiger partial charge >= 0.3 is 0 Å². The van der Waals surface area contributed by atoms with Gasteiger partial charge in [-0.3, -0.25) is 4.79 Å². The lowest BCUT2D eigenvalue weighted by Gasteiger charge is -2.19. The molecule has 1 aliphatic heterocycles. The quantitative estimate of drug-likeness (QED) is 0.926. The van der Waals surface area contributed by atoms with Crippen molar-refractivity contribution in [3.8, 4) is 0 Å². The van der Waals surface area contributed by atoms with Crippen LogP contribution in [0.2, 0.25) is 0 Å². The fourth-order valence-electron chi connectivity index (χ4n) is 3.86. The molecular formula is C19H23N3O. The highest BCUT2D eigenvalue weighted by atomic mass is 16.2. The average Bonchev–Trinajstić information content (AvgIpc) is 3.22. The number of aryl methyl sites for hydroxylation is 3. The van der Waals surface area contributed by atoms with Crippen molar-refractivity contribution in [3.05, 3.63) is 52.6 Å². The number of hydrogen-bond donors (Lipinski definition) is 1. The topological polar surface area (TPSA) is 49.0 Å². The van der Waals surface area contributed by atoms with Gasteiger partial charge in [0.1, 0.15) is 5.82 Å². The minimum Gasteiger partial charge on any atom is -0.346 e. The lowest BCUT2D eigenvalue weighted by molar-refractivity contribution is 0.0790. The maximum absolute atomic E-state index is 12.8. The molecule has 1 saturated heterocycles. The second kappa shape index (κ2) is 5.84. The molecule has 2 aliphatic rings. The molecule has 1 amide bonds. The Bertz CT molecular complexity index is 734. The molecule has 0 saturated carbocycles. The first-order valence-electron chi connectivity index (χ1n) is 8.63. The van der Waals surface area contributed by atoms with E-state index in [0.29, 0.717) is 5.92 Å². The van der Waals surface area contributed by atoms with Crippen molar-refractivity contribution in [2.24, 2.45) is 0 Å². The first-order valence-corrected chi connectivity index (χ1v) is 8.63. The standard InChI is InChI=1S/C19H23N3O/c1-13-11-20-18(21-13)17-8-9-22(12-17)19(23)16-7-6-14-4-2-3-5-15(14)10-16/h6-7,10-11,17H,2-5,8-9,12H2,1H3,(H,20,21)/t17-/m0/s1. The maximum atomic E-state index is 12.8. The number of benzene rings is 1. The summed E-state index contributed by atoms with van der Waals surface area (Å²) in [6, 6.07) is 6.29. The van der Waals surface area contributed by atoms with Gasteiger partial charge in [0.15, 0.2) is 0 Å². The number of likely N-dealkylation sites (tertiary alicyclic amines) is 1. The van der Waals surface area contributed by atoms with Crippen LogP contribution in [0.3, 0.4) is 0 Å². The molecule has 4 heteroatoms. The molecule has 2 aromatic rings. The Balaban J connectivity index is 1.49. The smallest absolute Gasteiger partial charge is 0.253 e. The third-order valence-corrected chi connectivity index (χ3v) is 5.18. The summed E-state index contributed by atoms with van der Waals surface area (Å²) >= 11 is 0. The number of carbonyl (C=O) groups excluding carboxylic acids is 1. The molecule has 2 heterocycles. The van der Waals surface area contributed by atoms with Gasteiger partial charge in [0.05, 0.1) is 0 Å². The normalized spacial score (nSPS) is 20.6. The highest BCUT2D eigenvalue weighted by Gasteiger charge is 2.29. The molecule has 1 aliphatic carbocycles. The van der Waals surface area contributed by atoms with E-state index >= 15 is 0 Å². The summed E-state index contributed by atoms with van der Waals surface area (Å²) < 4.78 is 0. The van der Waals surface area contributed by atoms with Gasteiger partial charge in [-0.2, -0.15) is 0 Å². The summed E-state index contributed by atoms with van der Waals surface area (Å²) in [6.45, 7) is 3.60. The molecule has 0 bridgehead atoms. The van der Waals surface area contributed by atoms with Crippen molar-refractivity contribution in [1.29, 1.82) is 0 Å². The molecule has 1 aromatic carbocycles. The second-order valence-corrected chi connectivity index (χ2v) is 6.88. The number of imidazole rings is 1. The minimum absolute atomic E-state index is 0.171. The molecule has 1 atom stereocenters. The van der Waals surface area contributed by atoms with E-state index in [1.54, 1.807) is 0 Å². The van der Waals surface area contributed by atoms with Crippen molar-refractivity contribution in [2.75, 3.05) is 13.1 Å². The van der Waals surface area contributed by atoms with E-state index in [2.05, 4.69) is 22.1 Å². The molecule has 1 fully saturated rings. The molecule has 4 nitrogen and oxygen atoms in total. The molecule has 120 valence electrons. The second-order valence-electron chi connectivity index (χ2n) is 6.88. The van der Waals surface area contributed by atoms with E-state index in [-0.39, 0.29) is 5.91 Å². The van der Waals surface area contributed by atoms with Gasteiger partial charge in [-0.1, -0.05) is 6.07 Å². The highest BCUT2D eigenvalue weighted by molar-refractivity contribution is 5.94. The van der Waals surface area contributed by atoms with Gasteiger partial charge in [0.2, 0.25) is 0 Å². The SMILES string of the molecule is Cc1cnc([C@H]2CCN(C(=O)c3ccc4c(c3)CCCC4)C2)[nH]1. The number of nitrogens with zero attached hydrogens (tertiary/aromatic N) is 2. The predicted molar refractivity (Wildman–Crippen MR) is 89.7 cm³/mol. The van der Waals surface area contributed by atoms with Crippen LogP contribution in [0.4, 0.5) is 0 Å². The van der Waals surface area contributed by atoms with Gasteiger partial charge in [0, 0.05) is 36.5 Å². The van der Waals surface area contributed by atoms with Crippen molar-refractivity contribution in [3.63, 3.8) is 0 Å². The maximum Gasteiger partial charge on any atom is 0.253 e. The largest absolute Gasteiger partial charge is 0.346 e. The van der Waals surface area contributed by atoms with Gasteiger partial charge in [0.25, 0.3) is 5.91 Å². The Morgan fingerprint density at radius 2 is 2.09 bits per heavy atom. The summed E-state index contributed by atoms with van der Waals surface area (Å²) in [5.41, 5.74) is 4.74. The summed E-state index contributed by atoms with van der Waals surface area (Å²) in [4.78, 5) is 22.5. The predicted octanol–water partition coefficient (Wildman–Crippen LogP) is 3.23. The molecule has 0 radical (unpaired) electrons. The van der Waals surface area contributed by atoms with Crippen LogP contribution >= 0.6 is 0 Å². The number of amides is 1. The third-order valence-electron chi connectivity index (χ3n) is 5.18. The summed E-state index contributed by atoms with van der Waals surface area (Å²) in [7, 11) is 0. The molecule has 0 spiro atoms. The Kier molecular flexibility index (Phi) is 3.68. The molecule has 1 aromatic heterocycles. The summed E-state index contributed by atoms with van der Waals surface area (Å²) in [5, 5.41) is 0. The van der Waals surface area contributed by atoms with Gasteiger partial charge in [-0.05, 0) is 62.3 Å². The van der Waals surface area contributed by atoms with Crippen LogP contribution in [-0.4, -0.2) is 33.9 Å². The Morgan fingerprint density at radius 3 is 2.87 bits per heavy atom. The van der Waals surface area contributed by atoms with Crippen LogP contribution in [0.1, 0.15) is 58.2 Å². The van der Waals surface area contributed by atoms with E-state index in [4.69, 9.17) is 0 Å². The number of aromatic nitrogens is 2. The fraction of sp³-hybridized carbons (Fsp3) is 0.474. The van der Waals surface area contributed by atoms with Gasteiger partial charge in [-0.15, -0.1) is 0 Å². The fourth-order valence-corrected chi connectivity index (χ4v) is 3.86. The van der Waals surface area contributed by atoms with Gasteiger partial charge < -0.3 is 9.88 Å². The monoisotopic (exact) mass is 309 g/mol. The zero-order valence-electron chi connectivity index (χ0n) is 13.6. The van der Waals surface area contributed by atoms with Crippen molar-refractivity contribution >= 4 is 5.91 Å². The Hall–Kier alpha value is -2.10. The van der Waals surface area contributed by atoms with Crippen LogP contribution in [0.15, 0.2) is 24.4 Å². The van der Waals surface area contributed by atoms with Crippen molar-refractivity contribution in [1.82, 2.24) is 14.9 Å². The van der Waals surface area contributed by atoms with Crippen LogP contribution in [0.5, 0.6) is 0 Å². The number of carbonyl (C=O) groups is 1. The molecule has 0 unspecified atom stereocenters. The summed E-state index contributed by atoms with van der Waals surface area (Å²) in [5.74, 6) is 1.53. The number of H-pyrrole nitrogens is 1. The van der Waals surface area contributed by atoms with E-state index in [9.17, 15) is 4.79 Å². The number of fused-ring (bicyclic) bond motifs is 1. The first kappa shape index (κ1) is 14.5. The van der Waals surface area contributed by atoms with Crippen LogP contribution in [-0.2, 0) is 12.8 Å². The number of hydrogen-bond acceptors (Lipinski definition) is 2. The Morgan fingerprint density at radius 1 is 1.26 bits per heavy atom. The van der Waals surface area contributed by atoms with Crippen molar-refractivity contribution in [2.45, 2.75) is 44.9 Å². The molecule has 1 N–H and O–H groups in total. The summed E-state index contributed by atoms with van der Waals surface area (Å²) in [6.07, 6.45) is 7.65. The van der Waals surface area contributed by atoms with Crippen molar-refractivity contribution < 1.29 is 4.79 Å². The highest BCUT2D eigenvalue weighted by Crippen LogP contribution is 2.28. The van der Waals surface area contributed by atoms with E-state index in [1.165, 1.54) is 24.0 Å². The number of rotatable bonds is 2.